The van der Waals surface area contributed by atoms with Crippen molar-refractivity contribution in [2.45, 2.75) is 30.4 Å². The van der Waals surface area contributed by atoms with Crippen molar-refractivity contribution in [3.8, 4) is 5.75 Å². The number of benzene rings is 4. The molecule has 246 valence electrons. The average Bonchev–Trinajstić information content (AvgIpc) is 3.10. The highest BCUT2D eigenvalue weighted by Crippen LogP contribution is 2.21. The third-order valence-corrected chi connectivity index (χ3v) is 8.70. The van der Waals surface area contributed by atoms with Crippen LogP contribution in [0.1, 0.15) is 16.8 Å². The second kappa shape index (κ2) is 15.8. The molecule has 0 aliphatic heterocycles. The zero-order valence-electron chi connectivity index (χ0n) is 25.6. The first kappa shape index (κ1) is 33.7. The van der Waals surface area contributed by atoms with Crippen LogP contribution in [0.15, 0.2) is 132 Å². The third-order valence-electron chi connectivity index (χ3n) is 7.30. The summed E-state index contributed by atoms with van der Waals surface area (Å²) in [4.78, 5) is 33.2. The molecule has 9 nitrogen and oxygen atoms in total. The van der Waals surface area contributed by atoms with Crippen LogP contribution in [0.2, 0.25) is 0 Å². The summed E-state index contributed by atoms with van der Waals surface area (Å²) >= 11 is 0. The molecule has 1 aromatic heterocycles. The lowest BCUT2D eigenvalue weighted by molar-refractivity contribution is -0.142. The van der Waals surface area contributed by atoms with Gasteiger partial charge in [0.2, 0.25) is 5.91 Å². The summed E-state index contributed by atoms with van der Waals surface area (Å²) in [6.07, 6.45) is 1.81. The molecule has 0 aliphatic rings. The first-order valence-corrected chi connectivity index (χ1v) is 16.4. The molecule has 5 rings (SSSR count). The lowest BCUT2D eigenvalue weighted by Crippen LogP contribution is -2.51. The highest BCUT2D eigenvalue weighted by atomic mass is 32.2. The fourth-order valence-corrected chi connectivity index (χ4v) is 5.87. The molecular weight excluding hydrogens is 638 g/mol. The minimum atomic E-state index is -3.98. The van der Waals surface area contributed by atoms with Gasteiger partial charge in [-0.05, 0) is 83.9 Å². The van der Waals surface area contributed by atoms with Crippen molar-refractivity contribution in [3.05, 3.63) is 156 Å². The first-order valence-electron chi connectivity index (χ1n) is 14.9. The average molecular weight is 671 g/mol. The Morgan fingerprint density at radius 1 is 0.771 bits per heavy atom. The van der Waals surface area contributed by atoms with Gasteiger partial charge in [-0.2, -0.15) is 0 Å². The van der Waals surface area contributed by atoms with E-state index in [0.717, 1.165) is 17.7 Å². The van der Waals surface area contributed by atoms with Crippen molar-refractivity contribution in [1.82, 2.24) is 15.2 Å². The second-order valence-electron chi connectivity index (χ2n) is 10.8. The molecule has 5 aromatic rings. The molecule has 1 unspecified atom stereocenters. The molecule has 0 bridgehead atoms. The van der Waals surface area contributed by atoms with E-state index in [1.807, 2.05) is 36.4 Å². The summed E-state index contributed by atoms with van der Waals surface area (Å²) in [6.45, 7) is -0.339. The lowest BCUT2D eigenvalue weighted by Gasteiger charge is -2.31. The van der Waals surface area contributed by atoms with Gasteiger partial charge in [-0.25, -0.2) is 17.2 Å². The number of anilines is 1. The Balaban J connectivity index is 1.34. The number of pyridine rings is 1. The third kappa shape index (κ3) is 9.46. The zero-order valence-corrected chi connectivity index (χ0v) is 26.4. The SMILES string of the molecule is O=C(NCc1ccccn1)C(Cc1ccccc1)N(Cc1ccc(F)cc1)C(=O)COc1ccc(S(=O)(=O)Nc2ccc(F)cc2)cc1. The monoisotopic (exact) mass is 670 g/mol. The van der Waals surface area contributed by atoms with E-state index in [2.05, 4.69) is 15.0 Å². The number of rotatable bonds is 14. The lowest BCUT2D eigenvalue weighted by atomic mass is 10.0. The molecule has 0 aliphatic carbocycles. The molecule has 0 radical (unpaired) electrons. The molecule has 1 atom stereocenters. The van der Waals surface area contributed by atoms with Crippen LogP contribution in [0.5, 0.6) is 5.75 Å². The van der Waals surface area contributed by atoms with Crippen molar-refractivity contribution < 1.29 is 31.5 Å². The number of hydrogen-bond acceptors (Lipinski definition) is 6. The normalized spacial score (nSPS) is 11.7. The number of halogens is 2. The van der Waals surface area contributed by atoms with Gasteiger partial charge in [-0.1, -0.05) is 48.5 Å². The van der Waals surface area contributed by atoms with Gasteiger partial charge in [-0.3, -0.25) is 19.3 Å². The van der Waals surface area contributed by atoms with E-state index in [4.69, 9.17) is 4.74 Å². The number of sulfonamides is 1. The molecule has 48 heavy (non-hydrogen) atoms. The standard InChI is InChI=1S/C36H32F2N4O5S/c37-28-11-9-27(10-12-28)24-42(34(22-26-6-2-1-3-7-26)36(44)40-23-31-8-4-5-21-39-31)35(43)25-47-32-17-19-33(20-18-32)48(45,46)41-30-15-13-29(38)14-16-30/h1-21,34,41H,22-25H2,(H,40,44). The van der Waals surface area contributed by atoms with Gasteiger partial charge >= 0.3 is 0 Å². The van der Waals surface area contributed by atoms with Crippen LogP contribution in [0, 0.1) is 11.6 Å². The zero-order chi connectivity index (χ0) is 33.9. The maximum Gasteiger partial charge on any atom is 0.261 e. The van der Waals surface area contributed by atoms with E-state index in [0.29, 0.717) is 11.3 Å². The molecule has 0 fully saturated rings. The molecule has 0 saturated heterocycles. The fraction of sp³-hybridized carbons (Fsp3) is 0.139. The Kier molecular flexibility index (Phi) is 11.1. The van der Waals surface area contributed by atoms with Crippen LogP contribution in [0.3, 0.4) is 0 Å². The summed E-state index contributed by atoms with van der Waals surface area (Å²) in [5.41, 5.74) is 2.25. The molecule has 0 spiro atoms. The van der Waals surface area contributed by atoms with E-state index in [9.17, 15) is 26.8 Å². The maximum atomic E-state index is 13.9. The molecule has 2 N–H and O–H groups in total. The Morgan fingerprint density at radius 3 is 2.06 bits per heavy atom. The Labute approximate surface area is 277 Å². The summed E-state index contributed by atoms with van der Waals surface area (Å²) in [5.74, 6) is -1.66. The van der Waals surface area contributed by atoms with Crippen LogP contribution in [-0.2, 0) is 39.1 Å². The Hall–Kier alpha value is -5.62. The summed E-state index contributed by atoms with van der Waals surface area (Å²) < 4.78 is 60.7. The van der Waals surface area contributed by atoms with Gasteiger partial charge in [0.25, 0.3) is 15.9 Å². The summed E-state index contributed by atoms with van der Waals surface area (Å²) in [6, 6.07) is 29.6. The van der Waals surface area contributed by atoms with Crippen LogP contribution >= 0.6 is 0 Å². The first-order chi connectivity index (χ1) is 23.2. The van der Waals surface area contributed by atoms with Crippen molar-refractivity contribution in [3.63, 3.8) is 0 Å². The van der Waals surface area contributed by atoms with Gasteiger partial charge < -0.3 is 15.0 Å². The van der Waals surface area contributed by atoms with Crippen molar-refractivity contribution in [1.29, 1.82) is 0 Å². The molecule has 4 aromatic carbocycles. The van der Waals surface area contributed by atoms with Crippen LogP contribution in [0.4, 0.5) is 14.5 Å². The smallest absolute Gasteiger partial charge is 0.261 e. The van der Waals surface area contributed by atoms with Crippen LogP contribution in [0.25, 0.3) is 0 Å². The molecule has 12 heteroatoms. The maximum absolute atomic E-state index is 13.9. The number of hydrogen-bond donors (Lipinski definition) is 2. The summed E-state index contributed by atoms with van der Waals surface area (Å²) in [7, 11) is -3.98. The van der Waals surface area contributed by atoms with Crippen molar-refractivity contribution in [2.24, 2.45) is 0 Å². The van der Waals surface area contributed by atoms with Gasteiger partial charge in [0, 0.05) is 24.8 Å². The van der Waals surface area contributed by atoms with E-state index in [1.165, 1.54) is 53.4 Å². The number of carbonyl (C=O) groups excluding carboxylic acids is 2. The molecule has 2 amide bonds. The minimum absolute atomic E-state index is 0.0107. The van der Waals surface area contributed by atoms with E-state index >= 15 is 0 Å². The van der Waals surface area contributed by atoms with E-state index in [-0.39, 0.29) is 35.8 Å². The number of nitrogens with one attached hydrogen (secondary N) is 2. The van der Waals surface area contributed by atoms with E-state index in [1.54, 1.807) is 30.5 Å². The molecule has 1 heterocycles. The number of carbonyl (C=O) groups is 2. The topological polar surface area (TPSA) is 118 Å². The Morgan fingerprint density at radius 2 is 1.42 bits per heavy atom. The quantitative estimate of drug-likeness (QED) is 0.161. The van der Waals surface area contributed by atoms with Crippen molar-refractivity contribution in [2.75, 3.05) is 11.3 Å². The van der Waals surface area contributed by atoms with Crippen molar-refractivity contribution >= 4 is 27.5 Å². The predicted octanol–water partition coefficient (Wildman–Crippen LogP) is 5.50. The van der Waals surface area contributed by atoms with Gasteiger partial charge in [-0.15, -0.1) is 0 Å². The minimum Gasteiger partial charge on any atom is -0.484 e. The van der Waals surface area contributed by atoms with Gasteiger partial charge in [0.05, 0.1) is 17.1 Å². The second-order valence-corrected chi connectivity index (χ2v) is 12.4. The van der Waals surface area contributed by atoms with Crippen LogP contribution < -0.4 is 14.8 Å². The highest BCUT2D eigenvalue weighted by molar-refractivity contribution is 7.92. The number of ether oxygens (including phenoxy) is 1. The highest BCUT2D eigenvalue weighted by Gasteiger charge is 2.31. The Bertz CT molecular complexity index is 1910. The van der Waals surface area contributed by atoms with Crippen LogP contribution in [-0.4, -0.2) is 42.8 Å². The number of aromatic nitrogens is 1. The van der Waals surface area contributed by atoms with Gasteiger partial charge in [0.15, 0.2) is 6.61 Å². The number of amides is 2. The van der Waals surface area contributed by atoms with E-state index < -0.39 is 46.1 Å². The summed E-state index contributed by atoms with van der Waals surface area (Å²) in [5, 5.41) is 2.89. The molecular formula is C36H32F2N4O5S. The molecule has 0 saturated carbocycles. The van der Waals surface area contributed by atoms with Gasteiger partial charge in [0.1, 0.15) is 23.4 Å². The fourth-order valence-electron chi connectivity index (χ4n) is 4.81. The number of nitrogens with zero attached hydrogens (tertiary/aromatic N) is 2. The largest absolute Gasteiger partial charge is 0.484 e. The predicted molar refractivity (Wildman–Crippen MR) is 176 cm³/mol.